The summed E-state index contributed by atoms with van der Waals surface area (Å²) in [7, 11) is 2.17. The molecule has 0 spiro atoms. The number of phenols is 1. The highest BCUT2D eigenvalue weighted by Crippen LogP contribution is 2.32. The second-order valence-corrected chi connectivity index (χ2v) is 9.04. The van der Waals surface area contributed by atoms with Crippen LogP contribution in [0.4, 0.5) is 0 Å². The van der Waals surface area contributed by atoms with Gasteiger partial charge in [-0.25, -0.2) is 0 Å². The molecule has 0 bridgehead atoms. The molecule has 182 valence electrons. The van der Waals surface area contributed by atoms with Crippen molar-refractivity contribution in [3.63, 3.8) is 0 Å². The van der Waals surface area contributed by atoms with Crippen LogP contribution >= 0.6 is 0 Å². The Bertz CT molecular complexity index is 1050. The Kier molecular flexibility index (Phi) is 8.63. The van der Waals surface area contributed by atoms with Crippen LogP contribution in [-0.4, -0.2) is 79.6 Å². The maximum Gasteiger partial charge on any atom is 0.123 e. The Balaban J connectivity index is 1.41. The van der Waals surface area contributed by atoms with Crippen LogP contribution < -0.4 is 9.47 Å². The molecule has 0 aromatic heterocycles. The number of fused-ring (bicyclic) bond motifs is 1. The lowest BCUT2D eigenvalue weighted by Crippen LogP contribution is -2.45. The van der Waals surface area contributed by atoms with E-state index in [0.717, 1.165) is 79.8 Å². The number of aliphatic hydroxyl groups excluding tert-OH is 1. The van der Waals surface area contributed by atoms with Crippen LogP contribution in [0.25, 0.3) is 10.8 Å². The number of rotatable bonds is 11. The van der Waals surface area contributed by atoms with Crippen LogP contribution in [0.5, 0.6) is 17.2 Å². The molecule has 1 aliphatic rings. The van der Waals surface area contributed by atoms with E-state index in [1.807, 2.05) is 30.3 Å². The fourth-order valence-electron chi connectivity index (χ4n) is 4.35. The molecule has 0 radical (unpaired) electrons. The lowest BCUT2D eigenvalue weighted by molar-refractivity contribution is 0.134. The first-order valence-electron chi connectivity index (χ1n) is 12.2. The standard InChI is InChI=1S/C28H36N2O4/c1-29-12-14-30(15-13-29)16-19-33-25-8-4-22(5-9-25)20-27-26-10-7-24(32)21-23(26)6-11-28(27)34-18-3-2-17-31/h4-11,21,31-32H,2-3,12-20H2,1H3. The summed E-state index contributed by atoms with van der Waals surface area (Å²) >= 11 is 0. The van der Waals surface area contributed by atoms with Crippen LogP contribution in [0.15, 0.2) is 54.6 Å². The van der Waals surface area contributed by atoms with Gasteiger partial charge in [0.2, 0.25) is 0 Å². The Hall–Kier alpha value is -2.80. The van der Waals surface area contributed by atoms with E-state index < -0.39 is 0 Å². The average molecular weight is 465 g/mol. The van der Waals surface area contributed by atoms with Gasteiger partial charge in [0.25, 0.3) is 0 Å². The van der Waals surface area contributed by atoms with Crippen LogP contribution in [-0.2, 0) is 6.42 Å². The number of aliphatic hydroxyl groups is 1. The fraction of sp³-hybridized carbons (Fsp3) is 0.429. The van der Waals surface area contributed by atoms with Crippen LogP contribution in [0.1, 0.15) is 24.0 Å². The SMILES string of the molecule is CN1CCN(CCOc2ccc(Cc3c(OCCCCO)ccc4cc(O)ccc34)cc2)CC1. The number of likely N-dealkylation sites (N-methyl/N-ethyl adjacent to an activating group) is 1. The van der Waals surface area contributed by atoms with Gasteiger partial charge < -0.3 is 24.6 Å². The zero-order chi connectivity index (χ0) is 23.8. The summed E-state index contributed by atoms with van der Waals surface area (Å²) in [5, 5.41) is 21.0. The average Bonchev–Trinajstić information content (AvgIpc) is 2.85. The van der Waals surface area contributed by atoms with Crippen molar-refractivity contribution in [2.24, 2.45) is 0 Å². The van der Waals surface area contributed by atoms with E-state index in [1.165, 1.54) is 5.56 Å². The number of nitrogens with zero attached hydrogens (tertiary/aromatic N) is 2. The Morgan fingerprint density at radius 3 is 2.41 bits per heavy atom. The van der Waals surface area contributed by atoms with Crippen molar-refractivity contribution in [3.05, 3.63) is 65.7 Å². The highest BCUT2D eigenvalue weighted by molar-refractivity contribution is 5.89. The van der Waals surface area contributed by atoms with Gasteiger partial charge in [-0.05, 0) is 66.6 Å². The van der Waals surface area contributed by atoms with Gasteiger partial charge in [0.15, 0.2) is 0 Å². The maximum absolute atomic E-state index is 9.90. The van der Waals surface area contributed by atoms with Crippen molar-refractivity contribution >= 4 is 10.8 Å². The molecule has 6 heteroatoms. The van der Waals surface area contributed by atoms with Gasteiger partial charge in [-0.2, -0.15) is 0 Å². The predicted octanol–water partition coefficient (Wildman–Crippen LogP) is 3.91. The van der Waals surface area contributed by atoms with Gasteiger partial charge in [-0.1, -0.05) is 24.3 Å². The van der Waals surface area contributed by atoms with Crippen molar-refractivity contribution in [1.82, 2.24) is 9.80 Å². The van der Waals surface area contributed by atoms with Crippen LogP contribution in [0, 0.1) is 0 Å². The zero-order valence-electron chi connectivity index (χ0n) is 20.1. The number of aromatic hydroxyl groups is 1. The summed E-state index contributed by atoms with van der Waals surface area (Å²) in [5.41, 5.74) is 2.28. The third-order valence-corrected chi connectivity index (χ3v) is 6.46. The number of ether oxygens (including phenoxy) is 2. The third kappa shape index (κ3) is 6.63. The number of hydrogen-bond donors (Lipinski definition) is 2. The Labute approximate surface area is 202 Å². The molecule has 6 nitrogen and oxygen atoms in total. The molecule has 1 fully saturated rings. The molecule has 34 heavy (non-hydrogen) atoms. The van der Waals surface area contributed by atoms with Crippen molar-refractivity contribution in [1.29, 1.82) is 0 Å². The van der Waals surface area contributed by atoms with Crippen LogP contribution in [0.3, 0.4) is 0 Å². The van der Waals surface area contributed by atoms with E-state index in [0.29, 0.717) is 13.2 Å². The zero-order valence-corrected chi connectivity index (χ0v) is 20.1. The lowest BCUT2D eigenvalue weighted by atomic mass is 9.97. The first-order valence-corrected chi connectivity index (χ1v) is 12.2. The summed E-state index contributed by atoms with van der Waals surface area (Å²) in [5.74, 6) is 2.00. The predicted molar refractivity (Wildman–Crippen MR) is 136 cm³/mol. The molecular weight excluding hydrogens is 428 g/mol. The normalized spacial score (nSPS) is 15.0. The molecule has 1 aliphatic heterocycles. The molecule has 0 saturated carbocycles. The number of piperazine rings is 1. The minimum atomic E-state index is 0.178. The molecule has 0 aliphatic carbocycles. The third-order valence-electron chi connectivity index (χ3n) is 6.46. The summed E-state index contributed by atoms with van der Waals surface area (Å²) in [6.07, 6.45) is 2.26. The smallest absolute Gasteiger partial charge is 0.123 e. The molecule has 4 rings (SSSR count). The van der Waals surface area contributed by atoms with Crippen molar-refractivity contribution in [2.75, 3.05) is 59.6 Å². The largest absolute Gasteiger partial charge is 0.508 e. The molecule has 3 aromatic carbocycles. The van der Waals surface area contributed by atoms with Crippen LogP contribution in [0.2, 0.25) is 0 Å². The molecule has 0 amide bonds. The van der Waals surface area contributed by atoms with Crippen molar-refractivity contribution in [2.45, 2.75) is 19.3 Å². The van der Waals surface area contributed by atoms with Gasteiger partial charge in [0, 0.05) is 51.3 Å². The summed E-state index contributed by atoms with van der Waals surface area (Å²) in [6, 6.07) is 17.7. The Morgan fingerprint density at radius 1 is 0.853 bits per heavy atom. The monoisotopic (exact) mass is 464 g/mol. The van der Waals surface area contributed by atoms with Gasteiger partial charge in [-0.3, -0.25) is 4.90 Å². The molecule has 3 aromatic rings. The number of hydrogen-bond acceptors (Lipinski definition) is 6. The Morgan fingerprint density at radius 2 is 1.65 bits per heavy atom. The van der Waals surface area contributed by atoms with E-state index in [2.05, 4.69) is 29.0 Å². The van der Waals surface area contributed by atoms with E-state index in [-0.39, 0.29) is 12.4 Å². The van der Waals surface area contributed by atoms with Gasteiger partial charge >= 0.3 is 0 Å². The molecule has 1 heterocycles. The number of benzene rings is 3. The van der Waals surface area contributed by atoms with Crippen molar-refractivity contribution in [3.8, 4) is 17.2 Å². The van der Waals surface area contributed by atoms with E-state index >= 15 is 0 Å². The lowest BCUT2D eigenvalue weighted by Gasteiger charge is -2.32. The maximum atomic E-state index is 9.90. The van der Waals surface area contributed by atoms with Gasteiger partial charge in [0.1, 0.15) is 23.9 Å². The molecule has 0 atom stereocenters. The minimum Gasteiger partial charge on any atom is -0.508 e. The summed E-state index contributed by atoms with van der Waals surface area (Å²) in [6.45, 7) is 6.84. The summed E-state index contributed by atoms with van der Waals surface area (Å²) in [4.78, 5) is 4.81. The quantitative estimate of drug-likeness (QED) is 0.420. The van der Waals surface area contributed by atoms with E-state index in [4.69, 9.17) is 14.6 Å². The molecule has 2 N–H and O–H groups in total. The second kappa shape index (κ2) is 12.1. The highest BCUT2D eigenvalue weighted by Gasteiger charge is 2.14. The molecular formula is C28H36N2O4. The topological polar surface area (TPSA) is 65.4 Å². The van der Waals surface area contributed by atoms with Gasteiger partial charge in [-0.15, -0.1) is 0 Å². The minimum absolute atomic E-state index is 0.178. The number of unbranched alkanes of at least 4 members (excludes halogenated alkanes) is 1. The molecule has 0 unspecified atom stereocenters. The van der Waals surface area contributed by atoms with E-state index in [1.54, 1.807) is 12.1 Å². The number of phenolic OH excluding ortho intramolecular Hbond substituents is 1. The second-order valence-electron chi connectivity index (χ2n) is 9.04. The molecule has 1 saturated heterocycles. The first kappa shape index (κ1) is 24.3. The van der Waals surface area contributed by atoms with Gasteiger partial charge in [0.05, 0.1) is 6.61 Å². The highest BCUT2D eigenvalue weighted by atomic mass is 16.5. The fourth-order valence-corrected chi connectivity index (χ4v) is 4.35. The first-order chi connectivity index (χ1) is 16.6. The van der Waals surface area contributed by atoms with Crippen molar-refractivity contribution < 1.29 is 19.7 Å². The summed E-state index contributed by atoms with van der Waals surface area (Å²) < 4.78 is 12.1. The van der Waals surface area contributed by atoms with E-state index in [9.17, 15) is 5.11 Å².